The lowest BCUT2D eigenvalue weighted by Crippen LogP contribution is -2.61. The topological polar surface area (TPSA) is 118 Å². The van der Waals surface area contributed by atoms with Crippen molar-refractivity contribution in [1.29, 1.82) is 0 Å². The van der Waals surface area contributed by atoms with Crippen LogP contribution in [0.1, 0.15) is 37.8 Å². The summed E-state index contributed by atoms with van der Waals surface area (Å²) in [7, 11) is 14.5. The molecule has 10 heteroatoms. The molecular weight excluding hydrogens is 450 g/mol. The van der Waals surface area contributed by atoms with Crippen molar-refractivity contribution < 1.29 is 9.47 Å². The van der Waals surface area contributed by atoms with Crippen LogP contribution in [0.2, 0.25) is 0 Å². The van der Waals surface area contributed by atoms with E-state index >= 15 is 0 Å². The number of allylic oxidation sites excluding steroid dienone is 2. The summed E-state index contributed by atoms with van der Waals surface area (Å²) in [6.45, 7) is 5.84. The molecule has 2 aromatic rings. The molecule has 0 bridgehead atoms. The maximum Gasteiger partial charge on any atom is 0.0934 e. The van der Waals surface area contributed by atoms with Crippen molar-refractivity contribution in [3.8, 4) is 0 Å². The smallest absolute Gasteiger partial charge is 0.0934 e. The molecule has 6 N–H and O–H groups in total. The number of fused-ring (bicyclic) bond motifs is 2. The summed E-state index contributed by atoms with van der Waals surface area (Å²) in [6, 6.07) is 3.91. The van der Waals surface area contributed by atoms with Crippen LogP contribution in [-0.4, -0.2) is 74.7 Å². The van der Waals surface area contributed by atoms with Crippen LogP contribution in [0.3, 0.4) is 0 Å². The minimum atomic E-state index is -0.870. The molecule has 36 heavy (non-hydrogen) atoms. The standard InChI is InChI=1S/C13H17N5.C12H19B2NO2.CH4/c1-8-9(11(14)4-6-13(15)16)3-5-12-10(8)7-18(2)17-12;13-12(14,11-8-16-4-5-17-11)15-6-9-2-1-3-10(9)7-15;/h3-7H,14-16H2,1-2H3;9-11H,1-8H2;1H4/b11-4-;;. The minimum absolute atomic E-state index is 0. The molecule has 2 aliphatic heterocycles. The van der Waals surface area contributed by atoms with E-state index in [1.54, 1.807) is 16.8 Å². The lowest BCUT2D eigenvalue weighted by atomic mass is 9.57. The number of hydrogen-bond donors (Lipinski definition) is 3. The Hall–Kier alpha value is -2.42. The largest absolute Gasteiger partial charge is 0.398 e. The molecule has 3 heterocycles. The lowest BCUT2D eigenvalue weighted by molar-refractivity contribution is -0.112. The highest BCUT2D eigenvalue weighted by Crippen LogP contribution is 2.40. The van der Waals surface area contributed by atoms with E-state index in [0.717, 1.165) is 47.0 Å². The molecule has 1 aromatic heterocycles. The maximum absolute atomic E-state index is 6.30. The second kappa shape index (κ2) is 11.8. The molecule has 4 radical (unpaired) electrons. The van der Waals surface area contributed by atoms with Gasteiger partial charge in [0.15, 0.2) is 0 Å². The zero-order valence-corrected chi connectivity index (χ0v) is 20.8. The monoisotopic (exact) mass is 490 g/mol. The molecule has 192 valence electrons. The number of likely N-dealkylation sites (tertiary alicyclic amines) is 1. The van der Waals surface area contributed by atoms with Crippen LogP contribution in [0.15, 0.2) is 36.3 Å². The SMILES string of the molecule is C.Cc1c(/C(N)=C/C=C(N)N)ccc2nn(C)cc12.[B]C([B])(C1COCCO1)N1CC2CCCC2C1. The fourth-order valence-electron chi connectivity index (χ4n) is 5.45. The summed E-state index contributed by atoms with van der Waals surface area (Å²) in [4.78, 5) is 2.21. The molecule has 3 fully saturated rings. The van der Waals surface area contributed by atoms with Crippen LogP contribution in [0, 0.1) is 18.8 Å². The normalized spacial score (nSPS) is 24.5. The number of nitrogens with zero attached hydrogens (tertiary/aromatic N) is 3. The second-order valence-corrected chi connectivity index (χ2v) is 9.94. The predicted molar refractivity (Wildman–Crippen MR) is 148 cm³/mol. The van der Waals surface area contributed by atoms with E-state index < -0.39 is 5.34 Å². The summed E-state index contributed by atoms with van der Waals surface area (Å²) in [5, 5.41) is 4.58. The highest BCUT2D eigenvalue weighted by molar-refractivity contribution is 6.40. The zero-order valence-electron chi connectivity index (χ0n) is 20.8. The number of aryl methyl sites for hydroxylation is 2. The first-order chi connectivity index (χ1) is 16.7. The van der Waals surface area contributed by atoms with E-state index in [9.17, 15) is 0 Å². The van der Waals surface area contributed by atoms with Crippen molar-refractivity contribution in [3.63, 3.8) is 0 Å². The van der Waals surface area contributed by atoms with E-state index in [1.807, 2.05) is 32.3 Å². The van der Waals surface area contributed by atoms with Gasteiger partial charge in [0.05, 0.1) is 53.0 Å². The van der Waals surface area contributed by atoms with Crippen LogP contribution in [0.4, 0.5) is 0 Å². The Bertz CT molecular complexity index is 1080. The van der Waals surface area contributed by atoms with Gasteiger partial charge in [-0.3, -0.25) is 4.68 Å². The quantitative estimate of drug-likeness (QED) is 0.441. The average Bonchev–Trinajstić information content (AvgIpc) is 3.53. The summed E-state index contributed by atoms with van der Waals surface area (Å²) in [5.74, 6) is 1.83. The van der Waals surface area contributed by atoms with Gasteiger partial charge in [0.1, 0.15) is 0 Å². The minimum Gasteiger partial charge on any atom is -0.398 e. The Labute approximate surface area is 218 Å². The summed E-state index contributed by atoms with van der Waals surface area (Å²) in [5.41, 5.74) is 20.4. The van der Waals surface area contributed by atoms with Crippen LogP contribution in [0.5, 0.6) is 0 Å². The van der Waals surface area contributed by atoms with Gasteiger partial charge in [0, 0.05) is 43.0 Å². The van der Waals surface area contributed by atoms with Gasteiger partial charge in [0.2, 0.25) is 0 Å². The van der Waals surface area contributed by atoms with Crippen molar-refractivity contribution in [2.24, 2.45) is 36.1 Å². The van der Waals surface area contributed by atoms with Crippen molar-refractivity contribution in [3.05, 3.63) is 47.4 Å². The van der Waals surface area contributed by atoms with Gasteiger partial charge >= 0.3 is 0 Å². The Balaban J connectivity index is 0.000000195. The van der Waals surface area contributed by atoms with Crippen LogP contribution in [-0.2, 0) is 16.5 Å². The van der Waals surface area contributed by atoms with Gasteiger partial charge in [-0.2, -0.15) is 5.10 Å². The number of rotatable bonds is 4. The van der Waals surface area contributed by atoms with Crippen LogP contribution < -0.4 is 17.2 Å². The number of nitrogens with two attached hydrogens (primary N) is 3. The van der Waals surface area contributed by atoms with Gasteiger partial charge in [0.25, 0.3) is 0 Å². The first-order valence-electron chi connectivity index (χ1n) is 12.3. The number of hydrogen-bond acceptors (Lipinski definition) is 7. The maximum atomic E-state index is 6.30. The number of ether oxygens (including phenoxy) is 2. The van der Waals surface area contributed by atoms with Gasteiger partial charge < -0.3 is 31.6 Å². The van der Waals surface area contributed by atoms with Crippen LogP contribution >= 0.6 is 0 Å². The number of aromatic nitrogens is 2. The molecule has 3 atom stereocenters. The molecule has 3 unspecified atom stereocenters. The van der Waals surface area contributed by atoms with Gasteiger partial charge in [-0.15, -0.1) is 0 Å². The Morgan fingerprint density at radius 3 is 2.42 bits per heavy atom. The molecule has 8 nitrogen and oxygen atoms in total. The Morgan fingerprint density at radius 2 is 1.81 bits per heavy atom. The first kappa shape index (κ1) is 28.2. The molecule has 2 saturated heterocycles. The average molecular weight is 490 g/mol. The molecule has 5 rings (SSSR count). The summed E-state index contributed by atoms with van der Waals surface area (Å²) in [6.07, 6.45) is 9.11. The van der Waals surface area contributed by atoms with E-state index in [-0.39, 0.29) is 19.4 Å². The molecule has 0 spiro atoms. The van der Waals surface area contributed by atoms with Crippen molar-refractivity contribution in [2.75, 3.05) is 32.9 Å². The van der Waals surface area contributed by atoms with Crippen molar-refractivity contribution in [2.45, 2.75) is 45.1 Å². The van der Waals surface area contributed by atoms with Gasteiger partial charge in [-0.25, -0.2) is 0 Å². The fraction of sp³-hybridized carbons (Fsp3) is 0.577. The highest BCUT2D eigenvalue weighted by Gasteiger charge is 2.44. The van der Waals surface area contributed by atoms with E-state index in [4.69, 9.17) is 42.4 Å². The predicted octanol–water partition coefficient (Wildman–Crippen LogP) is 1.70. The first-order valence-corrected chi connectivity index (χ1v) is 12.3. The summed E-state index contributed by atoms with van der Waals surface area (Å²) >= 11 is 0. The van der Waals surface area contributed by atoms with E-state index in [2.05, 4.69) is 10.00 Å². The Morgan fingerprint density at radius 1 is 1.11 bits per heavy atom. The van der Waals surface area contributed by atoms with Crippen molar-refractivity contribution >= 4 is 32.3 Å². The molecule has 1 saturated carbocycles. The van der Waals surface area contributed by atoms with Gasteiger partial charge in [-0.05, 0) is 60.7 Å². The molecule has 3 aliphatic rings. The lowest BCUT2D eigenvalue weighted by Gasteiger charge is -2.44. The molecule has 0 amide bonds. The third-order valence-electron chi connectivity index (χ3n) is 7.45. The Kier molecular flexibility index (Phi) is 9.19. The number of benzene rings is 1. The molecule has 1 aliphatic carbocycles. The molecular formula is C26H40B2N6O2. The third-order valence-corrected chi connectivity index (χ3v) is 7.45. The zero-order chi connectivity index (χ0) is 25.2. The fourth-order valence-corrected chi connectivity index (χ4v) is 5.45. The molecule has 1 aromatic carbocycles. The van der Waals surface area contributed by atoms with Gasteiger partial charge in [-0.1, -0.05) is 19.9 Å². The van der Waals surface area contributed by atoms with E-state index in [0.29, 0.717) is 25.5 Å². The second-order valence-electron chi connectivity index (χ2n) is 9.94. The van der Waals surface area contributed by atoms with Crippen molar-refractivity contribution in [1.82, 2.24) is 14.7 Å². The third kappa shape index (κ3) is 6.10. The highest BCUT2D eigenvalue weighted by atomic mass is 16.6. The summed E-state index contributed by atoms with van der Waals surface area (Å²) < 4.78 is 12.9. The van der Waals surface area contributed by atoms with Crippen LogP contribution in [0.25, 0.3) is 16.6 Å². The van der Waals surface area contributed by atoms with E-state index in [1.165, 1.54) is 19.3 Å².